The molecule has 1 aromatic heterocycles. The summed E-state index contributed by atoms with van der Waals surface area (Å²) in [6.45, 7) is 8.91. The molecule has 0 fully saturated rings. The minimum atomic E-state index is -0.0716. The number of aromatic nitrogens is 3. The first-order valence-corrected chi connectivity index (χ1v) is 11.0. The van der Waals surface area contributed by atoms with Gasteiger partial charge in [-0.25, -0.2) is 0 Å². The fraction of sp³-hybridized carbons (Fsp3) is 0.318. The predicted octanol–water partition coefficient (Wildman–Crippen LogP) is 5.19. The molecule has 30 heavy (non-hydrogen) atoms. The highest BCUT2D eigenvalue weighted by molar-refractivity contribution is 7.99. The summed E-state index contributed by atoms with van der Waals surface area (Å²) in [5, 5.41) is 12.9. The monoisotopic (exact) mass is 444 g/mol. The third-order valence-electron chi connectivity index (χ3n) is 4.68. The minimum Gasteiger partial charge on any atom is -0.485 e. The van der Waals surface area contributed by atoms with Crippen molar-refractivity contribution in [2.45, 2.75) is 46.0 Å². The number of thioether (sulfide) groups is 1. The van der Waals surface area contributed by atoms with Gasteiger partial charge in [-0.2, -0.15) is 0 Å². The van der Waals surface area contributed by atoms with E-state index in [1.807, 2.05) is 62.6 Å². The number of halogens is 1. The Morgan fingerprint density at radius 2 is 1.87 bits per heavy atom. The first kappa shape index (κ1) is 22.2. The van der Waals surface area contributed by atoms with Crippen LogP contribution in [0.3, 0.4) is 0 Å². The van der Waals surface area contributed by atoms with Crippen molar-refractivity contribution in [3.8, 4) is 5.75 Å². The highest BCUT2D eigenvalue weighted by Crippen LogP contribution is 2.24. The van der Waals surface area contributed by atoms with Gasteiger partial charge in [0.05, 0.1) is 5.75 Å². The second kappa shape index (κ2) is 10.00. The number of hydrogen-bond acceptors (Lipinski definition) is 5. The number of para-hydroxylation sites is 1. The molecule has 0 aliphatic rings. The lowest BCUT2D eigenvalue weighted by Gasteiger charge is -2.12. The van der Waals surface area contributed by atoms with Gasteiger partial charge < -0.3 is 14.6 Å². The first-order valence-electron chi connectivity index (χ1n) is 9.69. The lowest BCUT2D eigenvalue weighted by molar-refractivity contribution is -0.113. The minimum absolute atomic E-state index is 0.0716. The van der Waals surface area contributed by atoms with Crippen molar-refractivity contribution in [2.24, 2.45) is 0 Å². The number of carbonyl (C=O) groups excluding carboxylic acids is 1. The topological polar surface area (TPSA) is 69.0 Å². The average molecular weight is 445 g/mol. The van der Waals surface area contributed by atoms with E-state index in [1.165, 1.54) is 11.8 Å². The second-order valence-electron chi connectivity index (χ2n) is 6.95. The number of benzene rings is 2. The van der Waals surface area contributed by atoms with Gasteiger partial charge in [0.2, 0.25) is 5.91 Å². The summed E-state index contributed by atoms with van der Waals surface area (Å²) < 4.78 is 7.85. The molecule has 6 nitrogen and oxygen atoms in total. The van der Waals surface area contributed by atoms with Crippen molar-refractivity contribution in [3.05, 3.63) is 63.9 Å². The quantitative estimate of drug-likeness (QED) is 0.484. The molecule has 0 radical (unpaired) electrons. The third kappa shape index (κ3) is 5.34. The van der Waals surface area contributed by atoms with Crippen LogP contribution in [-0.2, 0) is 17.9 Å². The Bertz CT molecular complexity index is 1030. The van der Waals surface area contributed by atoms with E-state index in [-0.39, 0.29) is 11.7 Å². The van der Waals surface area contributed by atoms with Crippen LogP contribution in [0.15, 0.2) is 41.6 Å². The van der Waals surface area contributed by atoms with Gasteiger partial charge in [-0.15, -0.1) is 10.2 Å². The molecule has 0 saturated heterocycles. The predicted molar refractivity (Wildman–Crippen MR) is 121 cm³/mol. The van der Waals surface area contributed by atoms with E-state index in [9.17, 15) is 4.79 Å². The third-order valence-corrected chi connectivity index (χ3v) is 5.88. The smallest absolute Gasteiger partial charge is 0.234 e. The lowest BCUT2D eigenvalue weighted by Crippen LogP contribution is -2.16. The summed E-state index contributed by atoms with van der Waals surface area (Å²) in [7, 11) is 0. The maximum absolute atomic E-state index is 12.4. The zero-order valence-electron chi connectivity index (χ0n) is 17.5. The zero-order chi connectivity index (χ0) is 21.7. The fourth-order valence-electron chi connectivity index (χ4n) is 3.08. The molecule has 158 valence electrons. The molecule has 1 N–H and O–H groups in total. The number of aryl methyl sites for hydroxylation is 3. The molecule has 3 aromatic rings. The van der Waals surface area contributed by atoms with Crippen molar-refractivity contribution in [1.82, 2.24) is 14.8 Å². The molecule has 0 aliphatic carbocycles. The molecule has 0 spiro atoms. The number of anilines is 1. The molecular formula is C22H25ClN4O2S. The van der Waals surface area contributed by atoms with E-state index in [0.29, 0.717) is 29.2 Å². The van der Waals surface area contributed by atoms with Crippen molar-refractivity contribution in [2.75, 3.05) is 11.1 Å². The van der Waals surface area contributed by atoms with Crippen LogP contribution in [0.5, 0.6) is 5.75 Å². The van der Waals surface area contributed by atoms with Crippen LogP contribution >= 0.6 is 23.4 Å². The van der Waals surface area contributed by atoms with E-state index in [1.54, 1.807) is 6.07 Å². The first-order chi connectivity index (χ1) is 14.4. The summed E-state index contributed by atoms with van der Waals surface area (Å²) >= 11 is 7.36. The van der Waals surface area contributed by atoms with Gasteiger partial charge in [0.25, 0.3) is 0 Å². The molecule has 0 unspecified atom stereocenters. The molecule has 1 heterocycles. The van der Waals surface area contributed by atoms with Gasteiger partial charge in [0.1, 0.15) is 12.4 Å². The summed E-state index contributed by atoms with van der Waals surface area (Å²) in [5.41, 5.74) is 3.92. The summed E-state index contributed by atoms with van der Waals surface area (Å²) in [6.07, 6.45) is 0. The Balaban J connectivity index is 1.62. The van der Waals surface area contributed by atoms with E-state index >= 15 is 0 Å². The Kier molecular flexibility index (Phi) is 7.39. The number of amides is 1. The number of ether oxygens (including phenoxy) is 1. The van der Waals surface area contributed by atoms with Gasteiger partial charge in [-0.3, -0.25) is 4.79 Å². The van der Waals surface area contributed by atoms with Crippen LogP contribution < -0.4 is 10.1 Å². The van der Waals surface area contributed by atoms with Crippen LogP contribution in [0.2, 0.25) is 5.02 Å². The van der Waals surface area contributed by atoms with Crippen LogP contribution in [0.4, 0.5) is 5.69 Å². The molecule has 1 amide bonds. The standard InChI is InChI=1S/C22H25ClN4O2S/c1-5-27-19(12-29-18-10-9-17(23)11-16(18)4)25-26-22(27)30-13-20(28)24-21-14(2)7-6-8-15(21)3/h6-11H,5,12-13H2,1-4H3,(H,24,28). The van der Waals surface area contributed by atoms with Crippen LogP contribution in [-0.4, -0.2) is 26.4 Å². The Labute approximate surface area is 186 Å². The van der Waals surface area contributed by atoms with Crippen molar-refractivity contribution < 1.29 is 9.53 Å². The summed E-state index contributed by atoms with van der Waals surface area (Å²) in [6, 6.07) is 11.4. The van der Waals surface area contributed by atoms with E-state index < -0.39 is 0 Å². The lowest BCUT2D eigenvalue weighted by atomic mass is 10.1. The van der Waals surface area contributed by atoms with Crippen molar-refractivity contribution in [3.63, 3.8) is 0 Å². The maximum Gasteiger partial charge on any atom is 0.234 e. The molecule has 2 aromatic carbocycles. The van der Waals surface area contributed by atoms with Crippen LogP contribution in [0.25, 0.3) is 0 Å². The maximum atomic E-state index is 12.4. The van der Waals surface area contributed by atoms with E-state index in [0.717, 1.165) is 28.1 Å². The highest BCUT2D eigenvalue weighted by atomic mass is 35.5. The van der Waals surface area contributed by atoms with Gasteiger partial charge in [-0.05, 0) is 62.6 Å². The largest absolute Gasteiger partial charge is 0.485 e. The van der Waals surface area contributed by atoms with Crippen LogP contribution in [0.1, 0.15) is 29.4 Å². The van der Waals surface area contributed by atoms with Gasteiger partial charge in [0, 0.05) is 17.3 Å². The Morgan fingerprint density at radius 1 is 1.13 bits per heavy atom. The molecule has 0 saturated carbocycles. The molecular weight excluding hydrogens is 420 g/mol. The molecule has 0 bridgehead atoms. The molecule has 3 rings (SSSR count). The molecule has 8 heteroatoms. The number of rotatable bonds is 8. The second-order valence-corrected chi connectivity index (χ2v) is 8.32. The normalized spacial score (nSPS) is 10.8. The van der Waals surface area contributed by atoms with Crippen molar-refractivity contribution in [1.29, 1.82) is 0 Å². The van der Waals surface area contributed by atoms with Crippen LogP contribution in [0, 0.1) is 20.8 Å². The fourth-order valence-corrected chi connectivity index (χ4v) is 4.13. The zero-order valence-corrected chi connectivity index (χ0v) is 19.1. The van der Waals surface area contributed by atoms with Gasteiger partial charge in [-0.1, -0.05) is 41.6 Å². The summed E-state index contributed by atoms with van der Waals surface area (Å²) in [5.74, 6) is 1.65. The number of nitrogens with one attached hydrogen (secondary N) is 1. The average Bonchev–Trinajstić information content (AvgIpc) is 3.10. The number of nitrogens with zero attached hydrogens (tertiary/aromatic N) is 3. The van der Waals surface area contributed by atoms with Crippen molar-refractivity contribution >= 4 is 35.0 Å². The Morgan fingerprint density at radius 3 is 2.53 bits per heavy atom. The number of carbonyl (C=O) groups is 1. The SMILES string of the molecule is CCn1c(COc2ccc(Cl)cc2C)nnc1SCC(=O)Nc1c(C)cccc1C. The Hall–Kier alpha value is -2.51. The van der Waals surface area contributed by atoms with E-state index in [2.05, 4.69) is 15.5 Å². The molecule has 0 atom stereocenters. The number of hydrogen-bond donors (Lipinski definition) is 1. The van der Waals surface area contributed by atoms with Gasteiger partial charge in [0.15, 0.2) is 11.0 Å². The highest BCUT2D eigenvalue weighted by Gasteiger charge is 2.15. The van der Waals surface area contributed by atoms with Gasteiger partial charge >= 0.3 is 0 Å². The molecule has 0 aliphatic heterocycles. The van der Waals surface area contributed by atoms with E-state index in [4.69, 9.17) is 16.3 Å². The summed E-state index contributed by atoms with van der Waals surface area (Å²) in [4.78, 5) is 12.4.